The van der Waals surface area contributed by atoms with E-state index in [1.54, 1.807) is 0 Å². The Kier molecular flexibility index (Phi) is 6.37. The number of carbonyl (C=O) groups excluding carboxylic acids is 2. The number of benzene rings is 1. The minimum Gasteiger partial charge on any atom is -0.483 e. The first kappa shape index (κ1) is 19.7. The lowest BCUT2D eigenvalue weighted by Crippen LogP contribution is -2.38. The minimum atomic E-state index is 0.0403. The number of rotatable bonds is 5. The van der Waals surface area contributed by atoms with Crippen molar-refractivity contribution in [3.63, 3.8) is 0 Å². The van der Waals surface area contributed by atoms with Crippen molar-refractivity contribution in [2.45, 2.75) is 39.5 Å². The smallest absolute Gasteiger partial charge is 0.260 e. The molecule has 2 aliphatic rings. The number of hydrogen-bond acceptors (Lipinski definition) is 4. The Labute approximate surface area is 161 Å². The molecule has 1 atom stereocenters. The van der Waals surface area contributed by atoms with Gasteiger partial charge in [0.05, 0.1) is 0 Å². The van der Waals surface area contributed by atoms with E-state index in [-0.39, 0.29) is 18.4 Å². The SMILES string of the molecule is Cc1cc(C(=O)N2CCC(CN)C2)cc(C)c1OCC(=O)N1CCCCC1. The Morgan fingerprint density at radius 2 is 1.74 bits per heavy atom. The van der Waals surface area contributed by atoms with Gasteiger partial charge in [0.15, 0.2) is 6.61 Å². The van der Waals surface area contributed by atoms with E-state index in [0.717, 1.165) is 56.6 Å². The lowest BCUT2D eigenvalue weighted by atomic mass is 10.0. The molecule has 0 spiro atoms. The zero-order valence-electron chi connectivity index (χ0n) is 16.5. The molecular formula is C21H31N3O3. The van der Waals surface area contributed by atoms with Crippen molar-refractivity contribution in [1.29, 1.82) is 0 Å². The third kappa shape index (κ3) is 4.61. The molecule has 0 saturated carbocycles. The van der Waals surface area contributed by atoms with Gasteiger partial charge in [-0.05, 0) is 75.3 Å². The average Bonchev–Trinajstić information content (AvgIpc) is 3.16. The van der Waals surface area contributed by atoms with Crippen molar-refractivity contribution in [2.24, 2.45) is 11.7 Å². The Morgan fingerprint density at radius 1 is 1.07 bits per heavy atom. The van der Waals surface area contributed by atoms with Crippen LogP contribution in [0.3, 0.4) is 0 Å². The van der Waals surface area contributed by atoms with E-state index < -0.39 is 0 Å². The molecule has 3 rings (SSSR count). The van der Waals surface area contributed by atoms with Crippen LogP contribution in [0.5, 0.6) is 5.75 Å². The second-order valence-electron chi connectivity index (χ2n) is 7.81. The van der Waals surface area contributed by atoms with Gasteiger partial charge < -0.3 is 20.3 Å². The molecule has 0 aromatic heterocycles. The molecule has 2 N–H and O–H groups in total. The summed E-state index contributed by atoms with van der Waals surface area (Å²) in [5.41, 5.74) is 8.18. The number of carbonyl (C=O) groups is 2. The fraction of sp³-hybridized carbons (Fsp3) is 0.619. The topological polar surface area (TPSA) is 75.9 Å². The van der Waals surface area contributed by atoms with Crippen molar-refractivity contribution < 1.29 is 14.3 Å². The number of amides is 2. The average molecular weight is 373 g/mol. The molecule has 6 heteroatoms. The zero-order valence-corrected chi connectivity index (χ0v) is 16.5. The molecule has 0 radical (unpaired) electrons. The van der Waals surface area contributed by atoms with Crippen LogP contribution in [0.4, 0.5) is 0 Å². The Morgan fingerprint density at radius 3 is 2.33 bits per heavy atom. The number of nitrogens with two attached hydrogens (primary N) is 1. The maximum absolute atomic E-state index is 12.8. The predicted octanol–water partition coefficient (Wildman–Crippen LogP) is 2.12. The van der Waals surface area contributed by atoms with E-state index in [1.165, 1.54) is 6.42 Å². The van der Waals surface area contributed by atoms with E-state index in [9.17, 15) is 9.59 Å². The molecule has 0 bridgehead atoms. The maximum atomic E-state index is 12.8. The van der Waals surface area contributed by atoms with Gasteiger partial charge in [-0.3, -0.25) is 9.59 Å². The monoisotopic (exact) mass is 373 g/mol. The van der Waals surface area contributed by atoms with E-state index in [4.69, 9.17) is 10.5 Å². The molecule has 2 amide bonds. The standard InChI is InChI=1S/C21H31N3O3/c1-15-10-18(21(26)24-9-6-17(12-22)13-24)11-16(2)20(15)27-14-19(25)23-7-4-3-5-8-23/h10-11,17H,3-9,12-14,22H2,1-2H3. The summed E-state index contributed by atoms with van der Waals surface area (Å²) >= 11 is 0. The number of nitrogens with zero attached hydrogens (tertiary/aromatic N) is 2. The lowest BCUT2D eigenvalue weighted by molar-refractivity contribution is -0.134. The number of ether oxygens (including phenoxy) is 1. The quantitative estimate of drug-likeness (QED) is 0.858. The first-order chi connectivity index (χ1) is 13.0. The van der Waals surface area contributed by atoms with Crippen molar-refractivity contribution in [1.82, 2.24) is 9.80 Å². The normalized spacial score (nSPS) is 20.0. The highest BCUT2D eigenvalue weighted by Crippen LogP contribution is 2.27. The second kappa shape index (κ2) is 8.74. The molecule has 1 aromatic carbocycles. The summed E-state index contributed by atoms with van der Waals surface area (Å²) in [5, 5.41) is 0. The summed E-state index contributed by atoms with van der Waals surface area (Å²) in [5.74, 6) is 1.20. The van der Waals surface area contributed by atoms with Crippen LogP contribution in [0, 0.1) is 19.8 Å². The van der Waals surface area contributed by atoms with Crippen molar-refractivity contribution >= 4 is 11.8 Å². The molecule has 2 saturated heterocycles. The maximum Gasteiger partial charge on any atom is 0.260 e. The van der Waals surface area contributed by atoms with Gasteiger partial charge in [-0.2, -0.15) is 0 Å². The molecule has 148 valence electrons. The van der Waals surface area contributed by atoms with Crippen molar-refractivity contribution in [2.75, 3.05) is 39.3 Å². The molecule has 2 heterocycles. The summed E-state index contributed by atoms with van der Waals surface area (Å²) in [4.78, 5) is 28.9. The second-order valence-corrected chi connectivity index (χ2v) is 7.81. The summed E-state index contributed by atoms with van der Waals surface area (Å²) in [7, 11) is 0. The van der Waals surface area contributed by atoms with E-state index in [2.05, 4.69) is 0 Å². The number of aryl methyl sites for hydroxylation is 2. The van der Waals surface area contributed by atoms with E-state index in [1.807, 2.05) is 35.8 Å². The Hall–Kier alpha value is -2.08. The third-order valence-corrected chi connectivity index (χ3v) is 5.66. The third-order valence-electron chi connectivity index (χ3n) is 5.66. The van der Waals surface area contributed by atoms with Crippen LogP contribution in [0.15, 0.2) is 12.1 Å². The first-order valence-corrected chi connectivity index (χ1v) is 10.0. The Bertz CT molecular complexity index is 675. The highest BCUT2D eigenvalue weighted by molar-refractivity contribution is 5.95. The summed E-state index contributed by atoms with van der Waals surface area (Å²) in [6.45, 7) is 7.69. The molecule has 0 aliphatic carbocycles. The summed E-state index contributed by atoms with van der Waals surface area (Å²) < 4.78 is 5.84. The molecular weight excluding hydrogens is 342 g/mol. The van der Waals surface area contributed by atoms with Crippen LogP contribution in [0.25, 0.3) is 0 Å². The van der Waals surface area contributed by atoms with Gasteiger partial charge in [0.2, 0.25) is 0 Å². The van der Waals surface area contributed by atoms with Crippen LogP contribution in [-0.4, -0.2) is 60.9 Å². The number of hydrogen-bond donors (Lipinski definition) is 1. The highest BCUT2D eigenvalue weighted by atomic mass is 16.5. The van der Waals surface area contributed by atoms with E-state index in [0.29, 0.717) is 23.8 Å². The highest BCUT2D eigenvalue weighted by Gasteiger charge is 2.27. The van der Waals surface area contributed by atoms with Crippen molar-refractivity contribution in [3.05, 3.63) is 28.8 Å². The van der Waals surface area contributed by atoms with E-state index >= 15 is 0 Å². The largest absolute Gasteiger partial charge is 0.483 e. The molecule has 1 aromatic rings. The van der Waals surface area contributed by atoms with Crippen LogP contribution in [-0.2, 0) is 4.79 Å². The predicted molar refractivity (Wildman–Crippen MR) is 105 cm³/mol. The van der Waals surface area contributed by atoms with Gasteiger partial charge >= 0.3 is 0 Å². The lowest BCUT2D eigenvalue weighted by Gasteiger charge is -2.27. The summed E-state index contributed by atoms with van der Waals surface area (Å²) in [6, 6.07) is 3.73. The van der Waals surface area contributed by atoms with Gasteiger partial charge in [-0.1, -0.05) is 0 Å². The van der Waals surface area contributed by atoms with Crippen molar-refractivity contribution in [3.8, 4) is 5.75 Å². The van der Waals surface area contributed by atoms with Gasteiger partial charge in [-0.15, -0.1) is 0 Å². The van der Waals surface area contributed by atoms with Gasteiger partial charge in [0.1, 0.15) is 5.75 Å². The molecule has 2 aliphatic heterocycles. The number of piperidine rings is 1. The van der Waals surface area contributed by atoms with Crippen LogP contribution >= 0.6 is 0 Å². The van der Waals surface area contributed by atoms with Crippen LogP contribution < -0.4 is 10.5 Å². The zero-order chi connectivity index (χ0) is 19.4. The van der Waals surface area contributed by atoms with Gasteiger partial charge in [-0.25, -0.2) is 0 Å². The summed E-state index contributed by atoms with van der Waals surface area (Å²) in [6.07, 6.45) is 4.31. The first-order valence-electron chi connectivity index (χ1n) is 10.0. The molecule has 27 heavy (non-hydrogen) atoms. The van der Waals surface area contributed by atoms with Gasteiger partial charge in [0, 0.05) is 31.7 Å². The molecule has 2 fully saturated rings. The fourth-order valence-electron chi connectivity index (χ4n) is 4.06. The number of likely N-dealkylation sites (tertiary alicyclic amines) is 2. The van der Waals surface area contributed by atoms with Crippen LogP contribution in [0.2, 0.25) is 0 Å². The molecule has 1 unspecified atom stereocenters. The fourth-order valence-corrected chi connectivity index (χ4v) is 4.06. The van der Waals surface area contributed by atoms with Gasteiger partial charge in [0.25, 0.3) is 11.8 Å². The molecule has 6 nitrogen and oxygen atoms in total. The van der Waals surface area contributed by atoms with Crippen LogP contribution in [0.1, 0.15) is 47.2 Å². The Balaban J connectivity index is 1.64. The minimum absolute atomic E-state index is 0.0403.